The molecule has 15 heavy (non-hydrogen) atoms. The third-order valence-electron chi connectivity index (χ3n) is 2.72. The molecular weight excluding hydrogens is 192 g/mol. The summed E-state index contributed by atoms with van der Waals surface area (Å²) in [7, 11) is 0. The lowest BCUT2D eigenvalue weighted by atomic mass is 10.2. The summed E-state index contributed by atoms with van der Waals surface area (Å²) >= 11 is 0. The first-order chi connectivity index (χ1) is 7.29. The maximum atomic E-state index is 10.4. The van der Waals surface area contributed by atoms with E-state index in [1.807, 2.05) is 0 Å². The molecule has 1 fully saturated rings. The minimum absolute atomic E-state index is 0.0907. The molecule has 0 aromatic heterocycles. The Morgan fingerprint density at radius 1 is 1.27 bits per heavy atom. The Morgan fingerprint density at radius 3 is 2.53 bits per heavy atom. The summed E-state index contributed by atoms with van der Waals surface area (Å²) in [5, 5.41) is 9.57. The van der Waals surface area contributed by atoms with Crippen LogP contribution in [-0.2, 0) is 0 Å². The van der Waals surface area contributed by atoms with Crippen LogP contribution in [0, 0.1) is 0 Å². The fraction of sp³-hybridized carbons (Fsp3) is 0.417. The van der Waals surface area contributed by atoms with Crippen molar-refractivity contribution in [1.29, 1.82) is 0 Å². The van der Waals surface area contributed by atoms with Gasteiger partial charge in [0.15, 0.2) is 0 Å². The molecule has 0 saturated heterocycles. The molecule has 0 radical (unpaired) electrons. The van der Waals surface area contributed by atoms with Gasteiger partial charge in [-0.2, -0.15) is 0 Å². The molecule has 1 aliphatic rings. The molecule has 2 atom stereocenters. The summed E-state index contributed by atoms with van der Waals surface area (Å²) in [5.41, 5.74) is 0.634. The molecule has 1 N–H and O–H groups in total. The SMILES string of the molecule is O=Cc1ccc(OC2CCCC2O)cc1. The van der Waals surface area contributed by atoms with Gasteiger partial charge in [0.05, 0.1) is 6.10 Å². The third-order valence-corrected chi connectivity index (χ3v) is 2.72. The highest BCUT2D eigenvalue weighted by Gasteiger charge is 2.26. The molecule has 80 valence electrons. The van der Waals surface area contributed by atoms with Gasteiger partial charge in [0, 0.05) is 5.56 Å². The summed E-state index contributed by atoms with van der Waals surface area (Å²) in [5.74, 6) is 0.714. The lowest BCUT2D eigenvalue weighted by Crippen LogP contribution is -2.25. The van der Waals surface area contributed by atoms with Crippen LogP contribution in [0.4, 0.5) is 0 Å². The number of aldehydes is 1. The second-order valence-corrected chi connectivity index (χ2v) is 3.84. The Labute approximate surface area is 88.7 Å². The van der Waals surface area contributed by atoms with Gasteiger partial charge in [0.25, 0.3) is 0 Å². The van der Waals surface area contributed by atoms with Crippen molar-refractivity contribution in [1.82, 2.24) is 0 Å². The monoisotopic (exact) mass is 206 g/mol. The zero-order chi connectivity index (χ0) is 10.7. The fourth-order valence-electron chi connectivity index (χ4n) is 1.84. The van der Waals surface area contributed by atoms with Crippen LogP contribution in [0.2, 0.25) is 0 Å². The van der Waals surface area contributed by atoms with Crippen LogP contribution in [0.5, 0.6) is 5.75 Å². The van der Waals surface area contributed by atoms with E-state index in [1.165, 1.54) is 0 Å². The van der Waals surface area contributed by atoms with E-state index in [2.05, 4.69) is 0 Å². The van der Waals surface area contributed by atoms with Gasteiger partial charge in [-0.15, -0.1) is 0 Å². The minimum atomic E-state index is -0.351. The van der Waals surface area contributed by atoms with Crippen molar-refractivity contribution in [2.75, 3.05) is 0 Å². The summed E-state index contributed by atoms with van der Waals surface area (Å²) < 4.78 is 5.62. The van der Waals surface area contributed by atoms with Crippen LogP contribution >= 0.6 is 0 Å². The number of aliphatic hydroxyl groups excluding tert-OH is 1. The second kappa shape index (κ2) is 4.45. The van der Waals surface area contributed by atoms with Crippen LogP contribution in [0.15, 0.2) is 24.3 Å². The van der Waals surface area contributed by atoms with Gasteiger partial charge in [0.1, 0.15) is 18.1 Å². The van der Waals surface area contributed by atoms with Gasteiger partial charge >= 0.3 is 0 Å². The summed E-state index contributed by atoms with van der Waals surface area (Å²) in [4.78, 5) is 10.4. The van der Waals surface area contributed by atoms with Crippen molar-refractivity contribution in [2.45, 2.75) is 31.5 Å². The first-order valence-corrected chi connectivity index (χ1v) is 5.19. The van der Waals surface area contributed by atoms with E-state index in [0.29, 0.717) is 11.3 Å². The number of hydrogen-bond donors (Lipinski definition) is 1. The number of carbonyl (C=O) groups excluding carboxylic acids is 1. The third kappa shape index (κ3) is 2.36. The van der Waals surface area contributed by atoms with E-state index < -0.39 is 0 Å². The highest BCUT2D eigenvalue weighted by molar-refractivity contribution is 5.74. The normalized spacial score (nSPS) is 25.1. The van der Waals surface area contributed by atoms with E-state index in [1.54, 1.807) is 24.3 Å². The van der Waals surface area contributed by atoms with E-state index in [-0.39, 0.29) is 12.2 Å². The molecule has 1 saturated carbocycles. The predicted molar refractivity (Wildman–Crippen MR) is 56.1 cm³/mol. The van der Waals surface area contributed by atoms with Gasteiger partial charge < -0.3 is 9.84 Å². The molecule has 3 nitrogen and oxygen atoms in total. The second-order valence-electron chi connectivity index (χ2n) is 3.84. The number of aliphatic hydroxyl groups is 1. The van der Waals surface area contributed by atoms with Crippen LogP contribution in [-0.4, -0.2) is 23.6 Å². The summed E-state index contributed by atoms with van der Waals surface area (Å²) in [6.07, 6.45) is 3.09. The van der Waals surface area contributed by atoms with Gasteiger partial charge in [-0.1, -0.05) is 0 Å². The Hall–Kier alpha value is -1.35. The van der Waals surface area contributed by atoms with Crippen LogP contribution in [0.1, 0.15) is 29.6 Å². The fourth-order valence-corrected chi connectivity index (χ4v) is 1.84. The molecule has 3 heteroatoms. The van der Waals surface area contributed by atoms with E-state index in [0.717, 1.165) is 25.5 Å². The number of benzene rings is 1. The summed E-state index contributed by atoms with van der Waals surface area (Å²) in [6.45, 7) is 0. The quantitative estimate of drug-likeness (QED) is 0.767. The van der Waals surface area contributed by atoms with Crippen molar-refractivity contribution < 1.29 is 14.6 Å². The highest BCUT2D eigenvalue weighted by Crippen LogP contribution is 2.24. The first-order valence-electron chi connectivity index (χ1n) is 5.19. The molecule has 0 bridgehead atoms. The molecule has 2 rings (SSSR count). The Bertz CT molecular complexity index is 331. The molecular formula is C12H14O3. The standard InChI is InChI=1S/C12H14O3/c13-8-9-4-6-10(7-5-9)15-12-3-1-2-11(12)14/h4-8,11-12,14H,1-3H2. The number of ether oxygens (including phenoxy) is 1. The number of rotatable bonds is 3. The van der Waals surface area contributed by atoms with E-state index >= 15 is 0 Å². The molecule has 0 heterocycles. The molecule has 0 aliphatic heterocycles. The van der Waals surface area contributed by atoms with Crippen molar-refractivity contribution in [3.05, 3.63) is 29.8 Å². The summed E-state index contributed by atoms with van der Waals surface area (Å²) in [6, 6.07) is 6.94. The van der Waals surface area contributed by atoms with Gasteiger partial charge in [0.2, 0.25) is 0 Å². The van der Waals surface area contributed by atoms with Crippen LogP contribution in [0.25, 0.3) is 0 Å². The maximum absolute atomic E-state index is 10.4. The number of hydrogen-bond acceptors (Lipinski definition) is 3. The van der Waals surface area contributed by atoms with Crippen LogP contribution < -0.4 is 4.74 Å². The van der Waals surface area contributed by atoms with E-state index in [4.69, 9.17) is 4.74 Å². The molecule has 0 spiro atoms. The van der Waals surface area contributed by atoms with Crippen molar-refractivity contribution in [3.63, 3.8) is 0 Å². The molecule has 2 unspecified atom stereocenters. The maximum Gasteiger partial charge on any atom is 0.150 e. The Kier molecular flexibility index (Phi) is 3.02. The predicted octanol–water partition coefficient (Wildman–Crippen LogP) is 1.79. The zero-order valence-corrected chi connectivity index (χ0v) is 8.43. The number of carbonyl (C=O) groups is 1. The zero-order valence-electron chi connectivity index (χ0n) is 8.43. The smallest absolute Gasteiger partial charge is 0.150 e. The topological polar surface area (TPSA) is 46.5 Å². The van der Waals surface area contributed by atoms with Gasteiger partial charge in [-0.25, -0.2) is 0 Å². The largest absolute Gasteiger partial charge is 0.488 e. The Balaban J connectivity index is 2.01. The van der Waals surface area contributed by atoms with E-state index in [9.17, 15) is 9.90 Å². The highest BCUT2D eigenvalue weighted by atomic mass is 16.5. The molecule has 1 aromatic rings. The van der Waals surface area contributed by atoms with Crippen molar-refractivity contribution >= 4 is 6.29 Å². The molecule has 1 aromatic carbocycles. The van der Waals surface area contributed by atoms with Crippen LogP contribution in [0.3, 0.4) is 0 Å². The minimum Gasteiger partial charge on any atom is -0.488 e. The Morgan fingerprint density at radius 2 is 2.00 bits per heavy atom. The van der Waals surface area contributed by atoms with Gasteiger partial charge in [-0.3, -0.25) is 4.79 Å². The average Bonchev–Trinajstić information content (AvgIpc) is 2.66. The lowest BCUT2D eigenvalue weighted by Gasteiger charge is -2.16. The lowest BCUT2D eigenvalue weighted by molar-refractivity contribution is 0.0604. The van der Waals surface area contributed by atoms with Gasteiger partial charge in [-0.05, 0) is 43.5 Å². The van der Waals surface area contributed by atoms with Crippen molar-refractivity contribution in [2.24, 2.45) is 0 Å². The molecule has 0 amide bonds. The first kappa shape index (κ1) is 10.2. The molecule has 1 aliphatic carbocycles. The average molecular weight is 206 g/mol. The van der Waals surface area contributed by atoms with Crippen molar-refractivity contribution in [3.8, 4) is 5.75 Å².